The van der Waals surface area contributed by atoms with Gasteiger partial charge in [0.2, 0.25) is 11.7 Å². The zero-order chi connectivity index (χ0) is 21.5. The van der Waals surface area contributed by atoms with Crippen molar-refractivity contribution in [3.05, 3.63) is 83.4 Å². The molecule has 4 heterocycles. The highest BCUT2D eigenvalue weighted by molar-refractivity contribution is 9.10. The highest BCUT2D eigenvalue weighted by Crippen LogP contribution is 2.19. The van der Waals surface area contributed by atoms with Crippen LogP contribution in [-0.2, 0) is 17.9 Å². The maximum absolute atomic E-state index is 13.1. The van der Waals surface area contributed by atoms with Crippen LogP contribution in [-0.4, -0.2) is 24.7 Å². The van der Waals surface area contributed by atoms with Crippen LogP contribution in [0.4, 0.5) is 5.69 Å². The van der Waals surface area contributed by atoms with Crippen LogP contribution >= 0.6 is 38.6 Å². The lowest BCUT2D eigenvalue weighted by Gasteiger charge is -2.06. The van der Waals surface area contributed by atoms with Gasteiger partial charge in [-0.15, -0.1) is 27.8 Å². The Morgan fingerprint density at radius 1 is 1.06 bits per heavy atom. The molecular weight excluding hydrogens is 502 g/mol. The van der Waals surface area contributed by atoms with Gasteiger partial charge in [0.25, 0.3) is 5.56 Å². The van der Waals surface area contributed by atoms with Gasteiger partial charge < -0.3 is 5.32 Å². The van der Waals surface area contributed by atoms with Crippen molar-refractivity contribution in [1.82, 2.24) is 18.7 Å². The van der Waals surface area contributed by atoms with Gasteiger partial charge >= 0.3 is 5.69 Å². The predicted molar refractivity (Wildman–Crippen MR) is 125 cm³/mol. The third-order valence-corrected chi connectivity index (χ3v) is 6.99. The van der Waals surface area contributed by atoms with Crippen molar-refractivity contribution in [3.8, 4) is 0 Å². The Hall–Kier alpha value is -3.02. The van der Waals surface area contributed by atoms with E-state index < -0.39 is 5.69 Å². The number of anilines is 1. The number of nitrogens with one attached hydrogen (secondary N) is 1. The number of fused-ring (bicyclic) bond motifs is 3. The summed E-state index contributed by atoms with van der Waals surface area (Å²) in [4.78, 5) is 39.7. The van der Waals surface area contributed by atoms with Crippen molar-refractivity contribution in [1.29, 1.82) is 0 Å². The van der Waals surface area contributed by atoms with Crippen molar-refractivity contribution < 1.29 is 4.79 Å². The number of benzene rings is 1. The second kappa shape index (κ2) is 7.91. The fraction of sp³-hybridized carbons (Fsp3) is 0.100. The summed E-state index contributed by atoms with van der Waals surface area (Å²) in [5.74, 6) is -0.174. The van der Waals surface area contributed by atoms with Crippen molar-refractivity contribution in [2.75, 3.05) is 5.32 Å². The standard InChI is InChI=1S/C20H14BrN5O3S2/c21-12-3-5-13(6-4-12)22-16(27)11-25-20(29)26-15-7-9-31-17(15)18(28)24(19(26)23-25)10-14-2-1-8-30-14/h1-9H,10-11H2,(H,22,27). The smallest absolute Gasteiger partial charge is 0.324 e. The van der Waals surface area contributed by atoms with Gasteiger partial charge in [-0.25, -0.2) is 13.9 Å². The normalized spacial score (nSPS) is 11.4. The molecule has 0 aliphatic carbocycles. The Morgan fingerprint density at radius 2 is 1.87 bits per heavy atom. The molecule has 11 heteroatoms. The van der Waals surface area contributed by atoms with Gasteiger partial charge in [-0.1, -0.05) is 22.0 Å². The average molecular weight is 516 g/mol. The fourth-order valence-electron chi connectivity index (χ4n) is 3.31. The molecule has 4 aromatic heterocycles. The number of carbonyl (C=O) groups is 1. The van der Waals surface area contributed by atoms with E-state index in [0.29, 0.717) is 22.4 Å². The van der Waals surface area contributed by atoms with Crippen LogP contribution in [0.2, 0.25) is 0 Å². The van der Waals surface area contributed by atoms with Crippen LogP contribution in [0.15, 0.2) is 67.3 Å². The monoisotopic (exact) mass is 515 g/mol. The average Bonchev–Trinajstić information content (AvgIpc) is 3.48. The molecule has 0 radical (unpaired) electrons. The third-order valence-electron chi connectivity index (χ3n) is 4.70. The van der Waals surface area contributed by atoms with Gasteiger partial charge in [-0.3, -0.25) is 14.2 Å². The Bertz CT molecular complexity index is 1530. The van der Waals surface area contributed by atoms with Crippen LogP contribution in [0.25, 0.3) is 16.0 Å². The van der Waals surface area contributed by atoms with E-state index in [-0.39, 0.29) is 23.8 Å². The number of rotatable bonds is 5. The number of carbonyl (C=O) groups excluding carboxylic acids is 1. The third kappa shape index (κ3) is 3.64. The lowest BCUT2D eigenvalue weighted by molar-refractivity contribution is -0.117. The number of hydrogen-bond acceptors (Lipinski definition) is 6. The van der Waals surface area contributed by atoms with Gasteiger partial charge in [0.05, 0.1) is 12.1 Å². The van der Waals surface area contributed by atoms with E-state index in [1.165, 1.54) is 31.6 Å². The number of aromatic nitrogens is 4. The van der Waals surface area contributed by atoms with E-state index in [0.717, 1.165) is 14.0 Å². The second-order valence-electron chi connectivity index (χ2n) is 6.74. The molecule has 0 atom stereocenters. The van der Waals surface area contributed by atoms with E-state index in [4.69, 9.17) is 0 Å². The van der Waals surface area contributed by atoms with Gasteiger partial charge in [-0.05, 0) is 47.2 Å². The molecule has 1 N–H and O–H groups in total. The molecule has 0 unspecified atom stereocenters. The number of hydrogen-bond donors (Lipinski definition) is 1. The minimum Gasteiger partial charge on any atom is -0.324 e. The molecule has 0 saturated carbocycles. The lowest BCUT2D eigenvalue weighted by atomic mass is 10.3. The summed E-state index contributed by atoms with van der Waals surface area (Å²) in [7, 11) is 0. The molecule has 0 aliphatic rings. The molecule has 8 nitrogen and oxygen atoms in total. The maximum atomic E-state index is 13.1. The van der Waals surface area contributed by atoms with E-state index in [1.54, 1.807) is 23.6 Å². The van der Waals surface area contributed by atoms with Crippen molar-refractivity contribution in [2.45, 2.75) is 13.1 Å². The van der Waals surface area contributed by atoms with Crippen LogP contribution in [0.5, 0.6) is 0 Å². The van der Waals surface area contributed by atoms with Crippen LogP contribution in [0, 0.1) is 0 Å². The Morgan fingerprint density at radius 3 is 2.61 bits per heavy atom. The minimum atomic E-state index is -0.468. The molecule has 0 aliphatic heterocycles. The van der Waals surface area contributed by atoms with Crippen LogP contribution in [0.3, 0.4) is 0 Å². The summed E-state index contributed by atoms with van der Waals surface area (Å²) < 4.78 is 5.34. The Kier molecular flexibility index (Phi) is 5.08. The molecule has 5 rings (SSSR count). The first-order chi connectivity index (χ1) is 15.0. The molecule has 1 amide bonds. The number of thiophene rings is 2. The van der Waals surface area contributed by atoms with Gasteiger partial charge in [-0.2, -0.15) is 0 Å². The van der Waals surface area contributed by atoms with Gasteiger partial charge in [0, 0.05) is 15.0 Å². The largest absolute Gasteiger partial charge is 0.352 e. The summed E-state index contributed by atoms with van der Waals surface area (Å²) in [5.41, 5.74) is 0.434. The first kappa shape index (κ1) is 19.9. The van der Waals surface area contributed by atoms with Crippen molar-refractivity contribution in [2.24, 2.45) is 0 Å². The van der Waals surface area contributed by atoms with Gasteiger partial charge in [0.15, 0.2) is 0 Å². The summed E-state index contributed by atoms with van der Waals surface area (Å²) in [6.07, 6.45) is 0. The van der Waals surface area contributed by atoms with Crippen molar-refractivity contribution >= 4 is 66.2 Å². The molecule has 156 valence electrons. The molecule has 5 aromatic rings. The summed E-state index contributed by atoms with van der Waals surface area (Å²) in [5, 5.41) is 10.8. The van der Waals surface area contributed by atoms with E-state index in [1.807, 2.05) is 29.6 Å². The molecule has 31 heavy (non-hydrogen) atoms. The van der Waals surface area contributed by atoms with E-state index in [2.05, 4.69) is 26.3 Å². The van der Waals surface area contributed by atoms with E-state index >= 15 is 0 Å². The number of nitrogens with zero attached hydrogens (tertiary/aromatic N) is 4. The predicted octanol–water partition coefficient (Wildman–Crippen LogP) is 3.38. The highest BCUT2D eigenvalue weighted by atomic mass is 79.9. The Balaban J connectivity index is 1.57. The minimum absolute atomic E-state index is 0.206. The first-order valence-corrected chi connectivity index (χ1v) is 11.7. The quantitative estimate of drug-likeness (QED) is 0.388. The van der Waals surface area contributed by atoms with Crippen molar-refractivity contribution in [3.63, 3.8) is 0 Å². The zero-order valence-corrected chi connectivity index (χ0v) is 19.0. The molecule has 0 spiro atoms. The molecule has 0 fully saturated rings. The summed E-state index contributed by atoms with van der Waals surface area (Å²) >= 11 is 6.15. The number of halogens is 1. The highest BCUT2D eigenvalue weighted by Gasteiger charge is 2.20. The summed E-state index contributed by atoms with van der Waals surface area (Å²) in [6, 6.07) is 12.7. The Labute approximate surface area is 191 Å². The van der Waals surface area contributed by atoms with Gasteiger partial charge in [0.1, 0.15) is 11.2 Å². The van der Waals surface area contributed by atoms with E-state index in [9.17, 15) is 14.4 Å². The SMILES string of the molecule is O=C(Cn1nc2n(Cc3cccs3)c(=O)c3sccc3n2c1=O)Nc1ccc(Br)cc1. The zero-order valence-electron chi connectivity index (χ0n) is 15.8. The lowest BCUT2D eigenvalue weighted by Crippen LogP contribution is -2.29. The second-order valence-corrected chi connectivity index (χ2v) is 9.60. The first-order valence-electron chi connectivity index (χ1n) is 9.18. The molecule has 1 aromatic carbocycles. The fourth-order valence-corrected chi connectivity index (χ4v) is 5.09. The van der Waals surface area contributed by atoms with Crippen LogP contribution < -0.4 is 16.6 Å². The molecule has 0 bridgehead atoms. The topological polar surface area (TPSA) is 90.4 Å². The molecular formula is C20H14BrN5O3S2. The summed E-state index contributed by atoms with van der Waals surface area (Å²) in [6.45, 7) is 0.0325. The maximum Gasteiger partial charge on any atom is 0.352 e. The molecule has 0 saturated heterocycles. The van der Waals surface area contributed by atoms with Crippen LogP contribution in [0.1, 0.15) is 4.88 Å². The number of amides is 1.